The van der Waals surface area contributed by atoms with Gasteiger partial charge in [-0.2, -0.15) is 0 Å². The van der Waals surface area contributed by atoms with Crippen LogP contribution in [0.4, 0.5) is 5.69 Å². The van der Waals surface area contributed by atoms with Gasteiger partial charge in [0, 0.05) is 30.8 Å². The number of morpholine rings is 1. The molecule has 5 heteroatoms. The maximum atomic E-state index is 12.4. The predicted molar refractivity (Wildman–Crippen MR) is 123 cm³/mol. The number of nitrogens with one attached hydrogen (secondary N) is 1. The molecule has 1 heterocycles. The molecule has 0 aromatic heterocycles. The van der Waals surface area contributed by atoms with Crippen LogP contribution in [-0.2, 0) is 9.53 Å². The van der Waals surface area contributed by atoms with E-state index in [0.29, 0.717) is 38.3 Å². The van der Waals surface area contributed by atoms with E-state index >= 15 is 0 Å². The molecule has 1 N–H and O–H groups in total. The molecule has 0 bridgehead atoms. The van der Waals surface area contributed by atoms with Crippen LogP contribution in [0.2, 0.25) is 0 Å². The summed E-state index contributed by atoms with van der Waals surface area (Å²) < 4.78 is 5.29. The fourth-order valence-electron chi connectivity index (χ4n) is 3.82. The summed E-state index contributed by atoms with van der Waals surface area (Å²) >= 11 is 0. The van der Waals surface area contributed by atoms with Gasteiger partial charge in [0.25, 0.3) is 5.91 Å². The molecule has 1 aliphatic rings. The van der Waals surface area contributed by atoms with E-state index in [1.54, 1.807) is 12.1 Å². The lowest BCUT2D eigenvalue weighted by Gasteiger charge is -2.26. The van der Waals surface area contributed by atoms with Gasteiger partial charge in [0.2, 0.25) is 5.91 Å². The third-order valence-electron chi connectivity index (χ3n) is 5.72. The number of hydrogen-bond donors (Lipinski definition) is 1. The van der Waals surface area contributed by atoms with Gasteiger partial charge in [-0.15, -0.1) is 0 Å². The zero-order valence-corrected chi connectivity index (χ0v) is 18.8. The first-order valence-electron chi connectivity index (χ1n) is 12.0. The van der Waals surface area contributed by atoms with Crippen LogP contribution in [0.1, 0.15) is 94.3 Å². The number of hydrogen-bond acceptors (Lipinski definition) is 3. The highest BCUT2D eigenvalue weighted by Crippen LogP contribution is 2.15. The van der Waals surface area contributed by atoms with Crippen molar-refractivity contribution in [2.75, 3.05) is 31.6 Å². The van der Waals surface area contributed by atoms with Gasteiger partial charge in [0.05, 0.1) is 13.2 Å². The van der Waals surface area contributed by atoms with Crippen LogP contribution in [0.15, 0.2) is 24.3 Å². The van der Waals surface area contributed by atoms with Crippen LogP contribution in [-0.4, -0.2) is 43.0 Å². The topological polar surface area (TPSA) is 58.6 Å². The van der Waals surface area contributed by atoms with E-state index < -0.39 is 0 Å². The predicted octanol–water partition coefficient (Wildman–Crippen LogP) is 5.80. The van der Waals surface area contributed by atoms with Crippen molar-refractivity contribution in [3.8, 4) is 0 Å². The van der Waals surface area contributed by atoms with E-state index in [4.69, 9.17) is 4.74 Å². The molecule has 0 unspecified atom stereocenters. The van der Waals surface area contributed by atoms with E-state index in [-0.39, 0.29) is 11.8 Å². The van der Waals surface area contributed by atoms with Gasteiger partial charge in [-0.1, -0.05) is 71.1 Å². The van der Waals surface area contributed by atoms with Gasteiger partial charge >= 0.3 is 0 Å². The number of anilines is 1. The Kier molecular flexibility index (Phi) is 12.2. The fraction of sp³-hybridized carbons (Fsp3) is 0.680. The van der Waals surface area contributed by atoms with Gasteiger partial charge in [0.1, 0.15) is 0 Å². The summed E-state index contributed by atoms with van der Waals surface area (Å²) in [6, 6.07) is 7.20. The molecule has 0 radical (unpaired) electrons. The Bertz CT molecular complexity index is 609. The second-order valence-corrected chi connectivity index (χ2v) is 8.32. The lowest BCUT2D eigenvalue weighted by atomic mass is 10.1. The average Bonchev–Trinajstić information content (AvgIpc) is 2.78. The molecule has 1 aromatic carbocycles. The van der Waals surface area contributed by atoms with Crippen molar-refractivity contribution in [1.29, 1.82) is 0 Å². The number of amides is 2. The van der Waals surface area contributed by atoms with Crippen molar-refractivity contribution < 1.29 is 14.3 Å². The highest BCUT2D eigenvalue weighted by molar-refractivity contribution is 5.95. The minimum absolute atomic E-state index is 0.0251. The first kappa shape index (κ1) is 24.4. The number of carbonyl (C=O) groups excluding carboxylic acids is 2. The lowest BCUT2D eigenvalue weighted by Crippen LogP contribution is -2.40. The van der Waals surface area contributed by atoms with E-state index in [1.807, 2.05) is 17.0 Å². The van der Waals surface area contributed by atoms with Gasteiger partial charge in [0.15, 0.2) is 0 Å². The smallest absolute Gasteiger partial charge is 0.254 e. The number of carbonyl (C=O) groups is 2. The summed E-state index contributed by atoms with van der Waals surface area (Å²) in [5.41, 5.74) is 1.40. The molecule has 2 rings (SSSR count). The lowest BCUT2D eigenvalue weighted by molar-refractivity contribution is -0.116. The van der Waals surface area contributed by atoms with E-state index in [9.17, 15) is 9.59 Å². The van der Waals surface area contributed by atoms with Crippen molar-refractivity contribution in [3.63, 3.8) is 0 Å². The average molecular weight is 417 g/mol. The summed E-state index contributed by atoms with van der Waals surface area (Å²) in [6.07, 6.45) is 14.6. The Hall–Kier alpha value is -1.88. The highest BCUT2D eigenvalue weighted by Gasteiger charge is 2.18. The molecule has 168 valence electrons. The molecular weight excluding hydrogens is 376 g/mol. The summed E-state index contributed by atoms with van der Waals surface area (Å²) in [5, 5.41) is 2.94. The van der Waals surface area contributed by atoms with Gasteiger partial charge < -0.3 is 15.0 Å². The second kappa shape index (κ2) is 15.0. The van der Waals surface area contributed by atoms with Crippen LogP contribution in [0.5, 0.6) is 0 Å². The van der Waals surface area contributed by atoms with E-state index in [0.717, 1.165) is 18.5 Å². The molecule has 1 aromatic rings. The van der Waals surface area contributed by atoms with Crippen LogP contribution in [0.25, 0.3) is 0 Å². The minimum Gasteiger partial charge on any atom is -0.378 e. The molecule has 0 spiro atoms. The third kappa shape index (κ3) is 9.75. The van der Waals surface area contributed by atoms with E-state index in [2.05, 4.69) is 12.2 Å². The number of unbranched alkanes of at least 4 members (excludes halogenated alkanes) is 10. The molecule has 1 saturated heterocycles. The maximum absolute atomic E-state index is 12.4. The monoisotopic (exact) mass is 416 g/mol. The van der Waals surface area contributed by atoms with Crippen molar-refractivity contribution in [2.45, 2.75) is 84.0 Å². The Balaban J connectivity index is 1.53. The molecular formula is C25H40N2O3. The number of ether oxygens (including phenoxy) is 1. The molecule has 30 heavy (non-hydrogen) atoms. The number of benzene rings is 1. The molecule has 1 fully saturated rings. The number of nitrogens with zero attached hydrogens (tertiary/aromatic N) is 1. The van der Waals surface area contributed by atoms with Crippen molar-refractivity contribution >= 4 is 17.5 Å². The first-order chi connectivity index (χ1) is 14.7. The van der Waals surface area contributed by atoms with E-state index in [1.165, 1.54) is 57.8 Å². The standard InChI is InChI=1S/C25H40N2O3/c1-2-3-4-5-6-7-8-9-10-11-12-13-24(28)26-23-16-14-22(15-17-23)25(29)27-18-20-30-21-19-27/h14-17H,2-13,18-21H2,1H3,(H,26,28). The molecule has 0 atom stereocenters. The first-order valence-corrected chi connectivity index (χ1v) is 12.0. The van der Waals surface area contributed by atoms with Crippen molar-refractivity contribution in [3.05, 3.63) is 29.8 Å². The van der Waals surface area contributed by atoms with Crippen LogP contribution in [0.3, 0.4) is 0 Å². The normalized spacial score (nSPS) is 14.0. The number of rotatable bonds is 14. The van der Waals surface area contributed by atoms with Gasteiger partial charge in [-0.05, 0) is 30.7 Å². The zero-order valence-electron chi connectivity index (χ0n) is 18.8. The molecule has 5 nitrogen and oxygen atoms in total. The quantitative estimate of drug-likeness (QED) is 0.390. The Morgan fingerprint density at radius 1 is 0.833 bits per heavy atom. The van der Waals surface area contributed by atoms with Crippen LogP contribution >= 0.6 is 0 Å². The second-order valence-electron chi connectivity index (χ2n) is 8.32. The largest absolute Gasteiger partial charge is 0.378 e. The maximum Gasteiger partial charge on any atom is 0.254 e. The molecule has 2 amide bonds. The SMILES string of the molecule is CCCCCCCCCCCCCC(=O)Nc1ccc(C(=O)N2CCOCC2)cc1. The Labute approximate surface area is 182 Å². The minimum atomic E-state index is 0.0251. The Morgan fingerprint density at radius 2 is 1.37 bits per heavy atom. The van der Waals surface area contributed by atoms with Crippen LogP contribution < -0.4 is 5.32 Å². The Morgan fingerprint density at radius 3 is 1.93 bits per heavy atom. The molecule has 0 aliphatic carbocycles. The zero-order chi connectivity index (χ0) is 21.4. The summed E-state index contributed by atoms with van der Waals surface area (Å²) in [4.78, 5) is 26.4. The van der Waals surface area contributed by atoms with Gasteiger partial charge in [-0.3, -0.25) is 9.59 Å². The molecule has 0 saturated carbocycles. The molecule has 1 aliphatic heterocycles. The van der Waals surface area contributed by atoms with Crippen LogP contribution in [0, 0.1) is 0 Å². The summed E-state index contributed by atoms with van der Waals surface area (Å²) in [7, 11) is 0. The van der Waals surface area contributed by atoms with Gasteiger partial charge in [-0.25, -0.2) is 0 Å². The summed E-state index contributed by atoms with van der Waals surface area (Å²) in [5.74, 6) is 0.0790. The third-order valence-corrected chi connectivity index (χ3v) is 5.72. The van der Waals surface area contributed by atoms with Crippen molar-refractivity contribution in [2.24, 2.45) is 0 Å². The highest BCUT2D eigenvalue weighted by atomic mass is 16.5. The fourth-order valence-corrected chi connectivity index (χ4v) is 3.82. The summed E-state index contributed by atoms with van der Waals surface area (Å²) in [6.45, 7) is 4.72. The van der Waals surface area contributed by atoms with Crippen molar-refractivity contribution in [1.82, 2.24) is 4.90 Å².